The van der Waals surface area contributed by atoms with E-state index in [4.69, 9.17) is 37.4 Å². The molecule has 3 unspecified atom stereocenters. The lowest BCUT2D eigenvalue weighted by Crippen LogP contribution is -2.72. The molecule has 1 aliphatic heterocycles. The number of hydrogen-bond acceptors (Lipinski definition) is 7. The number of β-lactam (4-membered cyclic amide) rings is 1. The summed E-state index contributed by atoms with van der Waals surface area (Å²) in [6.07, 6.45) is 0. The summed E-state index contributed by atoms with van der Waals surface area (Å²) in [7, 11) is 0. The van der Waals surface area contributed by atoms with Gasteiger partial charge in [-0.3, -0.25) is 14.4 Å². The van der Waals surface area contributed by atoms with E-state index in [0.29, 0.717) is 12.2 Å². The van der Waals surface area contributed by atoms with E-state index < -0.39 is 35.4 Å². The Kier molecular flexibility index (Phi) is 9.86. The van der Waals surface area contributed by atoms with Gasteiger partial charge in [-0.15, -0.1) is 11.6 Å². The summed E-state index contributed by atoms with van der Waals surface area (Å²) in [5, 5.41) is 2.51. The number of halogens is 2. The third-order valence-electron chi connectivity index (χ3n) is 5.27. The number of benzene rings is 2. The zero-order valence-electron chi connectivity index (χ0n) is 19.1. The molecule has 0 spiro atoms. The summed E-state index contributed by atoms with van der Waals surface area (Å²) in [5.74, 6) is -1.56. The molecule has 0 radical (unpaired) electrons. The molecule has 11 heteroatoms. The number of amides is 2. The minimum Gasteiger partial charge on any atom is -0.459 e. The normalized spacial score (nSPS) is 17.5. The second-order valence-corrected chi connectivity index (χ2v) is 8.52. The van der Waals surface area contributed by atoms with E-state index in [1.807, 2.05) is 18.2 Å². The second-order valence-electron chi connectivity index (χ2n) is 7.80. The van der Waals surface area contributed by atoms with E-state index in [1.54, 1.807) is 36.4 Å². The van der Waals surface area contributed by atoms with Crippen molar-refractivity contribution >= 4 is 47.5 Å². The van der Waals surface area contributed by atoms with Gasteiger partial charge >= 0.3 is 5.97 Å². The quantitative estimate of drug-likeness (QED) is 0.105. The number of alkyl halides is 2. The molecule has 0 aliphatic carbocycles. The van der Waals surface area contributed by atoms with Crippen molar-refractivity contribution in [3.8, 4) is 5.75 Å². The van der Waals surface area contributed by atoms with Crippen LogP contribution in [0.3, 0.4) is 0 Å². The fourth-order valence-electron chi connectivity index (χ4n) is 3.43. The molecule has 1 fully saturated rings. The number of nitrogens with zero attached hydrogens (tertiary/aromatic N) is 1. The Balaban J connectivity index is 1.51. The van der Waals surface area contributed by atoms with Gasteiger partial charge in [0.2, 0.25) is 5.91 Å². The first-order valence-corrected chi connectivity index (χ1v) is 11.8. The molecule has 2 aromatic rings. The molecule has 2 aromatic carbocycles. The number of carbonyl (C=O) groups is 4. The maximum atomic E-state index is 12.8. The summed E-state index contributed by atoms with van der Waals surface area (Å²) in [5.41, 5.74) is 0.750. The van der Waals surface area contributed by atoms with E-state index in [0.717, 1.165) is 16.0 Å². The Hall–Kier alpha value is -3.40. The van der Waals surface area contributed by atoms with E-state index >= 15 is 0 Å². The predicted molar refractivity (Wildman–Crippen MR) is 131 cm³/mol. The number of esters is 1. The van der Waals surface area contributed by atoms with Gasteiger partial charge in [0, 0.05) is 5.88 Å². The van der Waals surface area contributed by atoms with Gasteiger partial charge in [-0.05, 0) is 28.8 Å². The van der Waals surface area contributed by atoms with Crippen molar-refractivity contribution in [2.24, 2.45) is 0 Å². The lowest BCUT2D eigenvalue weighted by atomic mass is 9.99. The van der Waals surface area contributed by atoms with E-state index in [2.05, 4.69) is 11.9 Å². The zero-order chi connectivity index (χ0) is 26.1. The molecule has 1 aliphatic rings. The zero-order valence-corrected chi connectivity index (χ0v) is 20.6. The van der Waals surface area contributed by atoms with Gasteiger partial charge in [0.05, 0.1) is 6.61 Å². The summed E-state index contributed by atoms with van der Waals surface area (Å²) >= 11 is 12.3. The maximum absolute atomic E-state index is 12.8. The third-order valence-corrected chi connectivity index (χ3v) is 6.08. The maximum Gasteiger partial charge on any atom is 0.333 e. The van der Waals surface area contributed by atoms with Crippen LogP contribution in [-0.2, 0) is 41.9 Å². The van der Waals surface area contributed by atoms with Crippen LogP contribution in [-0.4, -0.2) is 59.2 Å². The number of nitrogens with one attached hydrogen (secondary N) is 1. The van der Waals surface area contributed by atoms with Crippen molar-refractivity contribution in [1.29, 1.82) is 0 Å². The fourth-order valence-corrected chi connectivity index (χ4v) is 3.96. The Bertz CT molecular complexity index is 1100. The molecule has 1 saturated heterocycles. The summed E-state index contributed by atoms with van der Waals surface area (Å²) in [4.78, 5) is 49.3. The molecule has 36 heavy (non-hydrogen) atoms. The largest absolute Gasteiger partial charge is 0.459 e. The molecule has 1 heterocycles. The van der Waals surface area contributed by atoms with Crippen molar-refractivity contribution < 1.29 is 33.4 Å². The van der Waals surface area contributed by atoms with Gasteiger partial charge in [0.25, 0.3) is 12.4 Å². The average molecular weight is 535 g/mol. The summed E-state index contributed by atoms with van der Waals surface area (Å²) < 4.78 is 15.4. The number of ether oxygens (including phenoxy) is 3. The first-order valence-electron chi connectivity index (χ1n) is 10.8. The van der Waals surface area contributed by atoms with Crippen molar-refractivity contribution in [2.45, 2.75) is 30.8 Å². The highest BCUT2D eigenvalue weighted by Crippen LogP contribution is 2.30. The van der Waals surface area contributed by atoms with Crippen LogP contribution in [0, 0.1) is 0 Å². The number of carbonyl (C=O) groups excluding carboxylic acids is 4. The molecule has 0 aromatic heterocycles. The Morgan fingerprint density at radius 1 is 1.08 bits per heavy atom. The molecule has 3 rings (SSSR count). The van der Waals surface area contributed by atoms with Crippen LogP contribution >= 0.6 is 23.2 Å². The highest BCUT2D eigenvalue weighted by molar-refractivity contribution is 6.27. The first-order chi connectivity index (χ1) is 17.3. The van der Waals surface area contributed by atoms with Crippen LogP contribution in [0.2, 0.25) is 0 Å². The van der Waals surface area contributed by atoms with Crippen molar-refractivity contribution in [3.05, 3.63) is 77.9 Å². The highest BCUT2D eigenvalue weighted by atomic mass is 35.5. The lowest BCUT2D eigenvalue weighted by molar-refractivity contribution is -0.164. The minimum absolute atomic E-state index is 0.00502. The van der Waals surface area contributed by atoms with Gasteiger partial charge in [-0.25, -0.2) is 4.79 Å². The molecule has 0 bridgehead atoms. The Morgan fingerprint density at radius 2 is 1.75 bits per heavy atom. The lowest BCUT2D eigenvalue weighted by Gasteiger charge is -2.47. The molecule has 0 saturated carbocycles. The average Bonchev–Trinajstić information content (AvgIpc) is 2.90. The van der Waals surface area contributed by atoms with Gasteiger partial charge in [-0.2, -0.15) is 0 Å². The Morgan fingerprint density at radius 3 is 2.36 bits per heavy atom. The monoisotopic (exact) mass is 534 g/mol. The van der Waals surface area contributed by atoms with Gasteiger partial charge in [0.1, 0.15) is 30.5 Å². The van der Waals surface area contributed by atoms with Crippen LogP contribution in [0.5, 0.6) is 5.75 Å². The number of hydrogen-bond donors (Lipinski definition) is 1. The number of rotatable bonds is 13. The molecule has 3 atom stereocenters. The van der Waals surface area contributed by atoms with Crippen LogP contribution in [0.25, 0.3) is 0 Å². The summed E-state index contributed by atoms with van der Waals surface area (Å²) in [6, 6.07) is 13.3. The molecule has 9 nitrogen and oxygen atoms in total. The Labute approximate surface area is 217 Å². The van der Waals surface area contributed by atoms with Crippen molar-refractivity contribution in [1.82, 2.24) is 10.2 Å². The molecular weight excluding hydrogens is 511 g/mol. The van der Waals surface area contributed by atoms with Crippen LogP contribution < -0.4 is 10.1 Å². The van der Waals surface area contributed by atoms with Crippen LogP contribution in [0.15, 0.2) is 66.7 Å². The second kappa shape index (κ2) is 13.1. The van der Waals surface area contributed by atoms with Crippen molar-refractivity contribution in [2.75, 3.05) is 12.5 Å². The SMILES string of the molecule is C=C(CCl)C(C(=O)OCc1ccccc1)N1C(=O)C(NC(=O)COCc2ccc(OC=O)cc2)C1Cl. The molecular formula is C25H24Cl2N2O7. The van der Waals surface area contributed by atoms with Crippen molar-refractivity contribution in [3.63, 3.8) is 0 Å². The van der Waals surface area contributed by atoms with Gasteiger partial charge in [0.15, 0.2) is 6.04 Å². The standard InChI is InChI=1S/C25H24Cl2N2O7/c1-16(11-26)22(25(33)35-13-17-5-3-2-4-6-17)29-23(27)21(24(29)32)28-20(31)14-34-12-18-7-9-19(10-8-18)36-15-30/h2-10,15,21-23H,1,11-14H2,(H,28,31). The molecule has 2 amide bonds. The number of likely N-dealkylation sites (tertiary alicyclic amines) is 1. The summed E-state index contributed by atoms with van der Waals surface area (Å²) in [6.45, 7) is 3.90. The predicted octanol–water partition coefficient (Wildman–Crippen LogP) is 2.54. The smallest absolute Gasteiger partial charge is 0.333 e. The molecule has 190 valence electrons. The van der Waals surface area contributed by atoms with E-state index in [1.165, 1.54) is 0 Å². The fraction of sp³-hybridized carbons (Fsp3) is 0.280. The van der Waals surface area contributed by atoms with Crippen LogP contribution in [0.1, 0.15) is 11.1 Å². The van der Waals surface area contributed by atoms with Gasteiger partial charge < -0.3 is 24.4 Å². The van der Waals surface area contributed by atoms with E-state index in [9.17, 15) is 19.2 Å². The van der Waals surface area contributed by atoms with Crippen LogP contribution in [0.4, 0.5) is 0 Å². The topological polar surface area (TPSA) is 111 Å². The first kappa shape index (κ1) is 27.2. The minimum atomic E-state index is -1.18. The van der Waals surface area contributed by atoms with Gasteiger partial charge in [-0.1, -0.05) is 60.6 Å². The third kappa shape index (κ3) is 6.84. The van der Waals surface area contributed by atoms with E-state index in [-0.39, 0.29) is 31.3 Å². The highest BCUT2D eigenvalue weighted by Gasteiger charge is 2.53. The molecule has 1 N–H and O–H groups in total.